The van der Waals surface area contributed by atoms with E-state index in [9.17, 15) is 0 Å². The molecule has 0 bridgehead atoms. The maximum atomic E-state index is 6.11. The number of methoxy groups -OCH3 is 3. The Bertz CT molecular complexity index is 1040. The fourth-order valence-electron chi connectivity index (χ4n) is 3.37. The number of rotatable bonds is 9. The van der Waals surface area contributed by atoms with Crippen molar-refractivity contribution >= 4 is 5.69 Å². The highest BCUT2D eigenvalue weighted by Crippen LogP contribution is 2.33. The van der Waals surface area contributed by atoms with Gasteiger partial charge < -0.3 is 29.6 Å². The summed E-state index contributed by atoms with van der Waals surface area (Å²) in [6.45, 7) is 1.78. The lowest BCUT2D eigenvalue weighted by Crippen LogP contribution is -2.29. The highest BCUT2D eigenvalue weighted by atomic mass is 16.5. The van der Waals surface area contributed by atoms with Gasteiger partial charge in [0.15, 0.2) is 5.82 Å². The van der Waals surface area contributed by atoms with Gasteiger partial charge in [0.25, 0.3) is 0 Å². The Morgan fingerprint density at radius 1 is 0.938 bits per heavy atom. The van der Waals surface area contributed by atoms with E-state index in [-0.39, 0.29) is 6.01 Å². The largest absolute Gasteiger partial charge is 0.497 e. The average molecular weight is 438 g/mol. The van der Waals surface area contributed by atoms with Gasteiger partial charge in [-0.15, -0.1) is 0 Å². The number of hydrogen-bond acceptors (Lipinski definition) is 10. The maximum absolute atomic E-state index is 6.11. The molecule has 0 spiro atoms. The van der Waals surface area contributed by atoms with Crippen LogP contribution >= 0.6 is 0 Å². The van der Waals surface area contributed by atoms with Gasteiger partial charge in [-0.05, 0) is 43.7 Å². The fourth-order valence-corrected chi connectivity index (χ4v) is 3.37. The summed E-state index contributed by atoms with van der Waals surface area (Å²) in [5.41, 5.74) is 1.21. The van der Waals surface area contributed by atoms with Crippen molar-refractivity contribution in [3.8, 4) is 40.7 Å². The number of ether oxygens (including phenoxy) is 4. The Labute approximate surface area is 186 Å². The maximum Gasteiger partial charge on any atom is 0.319 e. The normalized spacial score (nSPS) is 15.3. The first-order valence-corrected chi connectivity index (χ1v) is 10.3. The summed E-state index contributed by atoms with van der Waals surface area (Å²) in [5, 5.41) is 6.87. The van der Waals surface area contributed by atoms with E-state index in [0.29, 0.717) is 40.6 Å². The summed E-state index contributed by atoms with van der Waals surface area (Å²) in [7, 11) is 4.63. The van der Waals surface area contributed by atoms with Crippen molar-refractivity contribution in [2.45, 2.75) is 18.9 Å². The van der Waals surface area contributed by atoms with Crippen LogP contribution in [-0.4, -0.2) is 60.4 Å². The smallest absolute Gasteiger partial charge is 0.319 e. The zero-order chi connectivity index (χ0) is 22.3. The Morgan fingerprint density at radius 2 is 1.75 bits per heavy atom. The first-order chi connectivity index (χ1) is 15.7. The van der Waals surface area contributed by atoms with E-state index in [1.165, 1.54) is 20.6 Å². The number of benzene rings is 1. The molecule has 0 radical (unpaired) electrons. The number of nitrogens with one attached hydrogen (secondary N) is 2. The van der Waals surface area contributed by atoms with Crippen LogP contribution in [0.1, 0.15) is 12.8 Å². The van der Waals surface area contributed by atoms with Crippen molar-refractivity contribution in [2.75, 3.05) is 39.7 Å². The molecule has 10 heteroatoms. The lowest BCUT2D eigenvalue weighted by molar-refractivity contribution is 0.353. The van der Waals surface area contributed by atoms with Crippen molar-refractivity contribution in [3.63, 3.8) is 0 Å². The van der Waals surface area contributed by atoms with E-state index >= 15 is 0 Å². The van der Waals surface area contributed by atoms with Gasteiger partial charge >= 0.3 is 6.01 Å². The summed E-state index contributed by atoms with van der Waals surface area (Å²) < 4.78 is 21.8. The third-order valence-electron chi connectivity index (χ3n) is 5.08. The second kappa shape index (κ2) is 10.1. The van der Waals surface area contributed by atoms with Gasteiger partial charge in [-0.1, -0.05) is 0 Å². The standard InChI is InChI=1S/C22H26N6O4/c1-29-15-6-8-16(9-7-15)32-21-18(24-11-14-5-4-10-23-14)13-25-19(27-21)17-12-26-22(31-3)28-20(17)30-2/h6-9,12-14,23-24H,4-5,10-11H2,1-3H3/t14-/m0/s1. The molecule has 0 saturated carbocycles. The number of hydrogen-bond donors (Lipinski definition) is 2. The van der Waals surface area contributed by atoms with Crippen LogP contribution in [0.5, 0.6) is 29.3 Å². The Kier molecular flexibility index (Phi) is 6.81. The molecule has 1 aromatic carbocycles. The molecule has 4 rings (SSSR count). The number of nitrogens with zero attached hydrogens (tertiary/aromatic N) is 4. The third kappa shape index (κ3) is 4.97. The minimum Gasteiger partial charge on any atom is -0.497 e. The van der Waals surface area contributed by atoms with Gasteiger partial charge in [0.05, 0.1) is 27.5 Å². The predicted octanol–water partition coefficient (Wildman–Crippen LogP) is 2.92. The molecule has 0 amide bonds. The quantitative estimate of drug-likeness (QED) is 0.517. The minimum atomic E-state index is 0.197. The molecule has 32 heavy (non-hydrogen) atoms. The van der Waals surface area contributed by atoms with Crippen molar-refractivity contribution in [3.05, 3.63) is 36.7 Å². The second-order valence-electron chi connectivity index (χ2n) is 7.14. The van der Waals surface area contributed by atoms with Crippen molar-refractivity contribution < 1.29 is 18.9 Å². The van der Waals surface area contributed by atoms with Crippen LogP contribution < -0.4 is 29.6 Å². The van der Waals surface area contributed by atoms with E-state index in [1.807, 2.05) is 24.3 Å². The fraction of sp³-hybridized carbons (Fsp3) is 0.364. The molecule has 1 atom stereocenters. The zero-order valence-corrected chi connectivity index (χ0v) is 18.3. The topological polar surface area (TPSA) is 113 Å². The van der Waals surface area contributed by atoms with Crippen LogP contribution in [0.15, 0.2) is 36.7 Å². The molecule has 1 aliphatic rings. The Hall–Kier alpha value is -3.66. The lowest BCUT2D eigenvalue weighted by atomic mass is 10.2. The molecule has 1 saturated heterocycles. The molecule has 0 aliphatic carbocycles. The molecule has 2 N–H and O–H groups in total. The molecule has 2 aromatic heterocycles. The molecule has 0 unspecified atom stereocenters. The van der Waals surface area contributed by atoms with Gasteiger partial charge in [-0.2, -0.15) is 9.97 Å². The zero-order valence-electron chi connectivity index (χ0n) is 18.3. The SMILES string of the molecule is COc1ccc(Oc2nc(-c3cnc(OC)nc3OC)ncc2NC[C@@H]2CCCN2)cc1. The molecule has 10 nitrogen and oxygen atoms in total. The van der Waals surface area contributed by atoms with Gasteiger partial charge in [-0.3, -0.25) is 0 Å². The summed E-state index contributed by atoms with van der Waals surface area (Å²) in [5.74, 6) is 2.43. The van der Waals surface area contributed by atoms with Crippen LogP contribution in [0.25, 0.3) is 11.4 Å². The molecule has 3 heterocycles. The van der Waals surface area contributed by atoms with Crippen molar-refractivity contribution in [1.82, 2.24) is 25.3 Å². The van der Waals surface area contributed by atoms with Crippen LogP contribution in [0.4, 0.5) is 5.69 Å². The molecule has 168 valence electrons. The minimum absolute atomic E-state index is 0.197. The van der Waals surface area contributed by atoms with E-state index in [1.54, 1.807) is 19.5 Å². The summed E-state index contributed by atoms with van der Waals surface area (Å²) in [6.07, 6.45) is 5.56. The van der Waals surface area contributed by atoms with Gasteiger partial charge in [0, 0.05) is 18.8 Å². The van der Waals surface area contributed by atoms with Crippen LogP contribution in [-0.2, 0) is 0 Å². The Morgan fingerprint density at radius 3 is 2.44 bits per heavy atom. The molecule has 1 aliphatic heterocycles. The van der Waals surface area contributed by atoms with E-state index in [0.717, 1.165) is 25.3 Å². The van der Waals surface area contributed by atoms with E-state index in [2.05, 4.69) is 30.6 Å². The monoisotopic (exact) mass is 438 g/mol. The number of anilines is 1. The first-order valence-electron chi connectivity index (χ1n) is 10.3. The third-order valence-corrected chi connectivity index (χ3v) is 5.08. The van der Waals surface area contributed by atoms with Gasteiger partial charge in [-0.25, -0.2) is 9.97 Å². The number of aromatic nitrogens is 4. The highest BCUT2D eigenvalue weighted by molar-refractivity contribution is 5.64. The van der Waals surface area contributed by atoms with Crippen LogP contribution in [0.3, 0.4) is 0 Å². The Balaban J connectivity index is 1.65. The molecular weight excluding hydrogens is 412 g/mol. The van der Waals surface area contributed by atoms with Gasteiger partial charge in [0.1, 0.15) is 22.7 Å². The van der Waals surface area contributed by atoms with Crippen molar-refractivity contribution in [2.24, 2.45) is 0 Å². The van der Waals surface area contributed by atoms with Gasteiger partial charge in [0.2, 0.25) is 11.8 Å². The van der Waals surface area contributed by atoms with Crippen molar-refractivity contribution in [1.29, 1.82) is 0 Å². The summed E-state index contributed by atoms with van der Waals surface area (Å²) in [4.78, 5) is 17.5. The molecule has 3 aromatic rings. The molecule has 1 fully saturated rings. The average Bonchev–Trinajstić information content (AvgIpc) is 3.37. The summed E-state index contributed by atoms with van der Waals surface area (Å²) >= 11 is 0. The van der Waals surface area contributed by atoms with Crippen LogP contribution in [0, 0.1) is 0 Å². The lowest BCUT2D eigenvalue weighted by Gasteiger charge is -2.16. The van der Waals surface area contributed by atoms with E-state index < -0.39 is 0 Å². The van der Waals surface area contributed by atoms with Crippen LogP contribution in [0.2, 0.25) is 0 Å². The van der Waals surface area contributed by atoms with E-state index in [4.69, 9.17) is 18.9 Å². The highest BCUT2D eigenvalue weighted by Gasteiger charge is 2.19. The second-order valence-corrected chi connectivity index (χ2v) is 7.14. The summed E-state index contributed by atoms with van der Waals surface area (Å²) in [6, 6.07) is 7.89. The first kappa shape index (κ1) is 21.6. The predicted molar refractivity (Wildman–Crippen MR) is 119 cm³/mol. The molecular formula is C22H26N6O4.